The van der Waals surface area contributed by atoms with Crippen LogP contribution < -0.4 is 5.73 Å². The number of aliphatic hydroxyl groups is 1. The van der Waals surface area contributed by atoms with E-state index < -0.39 is 23.7 Å². The van der Waals surface area contributed by atoms with Gasteiger partial charge in [-0.2, -0.15) is 0 Å². The second-order valence-electron chi connectivity index (χ2n) is 4.62. The van der Waals surface area contributed by atoms with Crippen molar-refractivity contribution in [1.82, 2.24) is 0 Å². The summed E-state index contributed by atoms with van der Waals surface area (Å²) in [5, 5.41) is 10.6. The molecule has 0 saturated carbocycles. The van der Waals surface area contributed by atoms with E-state index in [9.17, 15) is 13.9 Å². The van der Waals surface area contributed by atoms with E-state index >= 15 is 0 Å². The fraction of sp³-hybridized carbons (Fsp3) is 0.200. The predicted molar refractivity (Wildman–Crippen MR) is 82.3 cm³/mol. The molecule has 0 aliphatic heterocycles. The molecule has 0 amide bonds. The van der Waals surface area contributed by atoms with Crippen molar-refractivity contribution in [1.29, 1.82) is 0 Å². The molecule has 2 aromatic carbocycles. The van der Waals surface area contributed by atoms with Gasteiger partial charge in [-0.25, -0.2) is 8.78 Å². The highest BCUT2D eigenvalue weighted by Gasteiger charge is 2.26. The van der Waals surface area contributed by atoms with E-state index in [-0.39, 0.29) is 17.1 Å². The summed E-state index contributed by atoms with van der Waals surface area (Å²) in [4.78, 5) is 0. The standard InChI is InChI=1S/C15H13BrClF2NO/c16-8-1-3-11(14(19)5-8)15(21)12(7-20)10-4-2-9(18)6-13(10)17/h1-6,12,15,21H,7,20H2. The summed E-state index contributed by atoms with van der Waals surface area (Å²) in [6.45, 7) is 0.0437. The molecule has 0 radical (unpaired) electrons. The largest absolute Gasteiger partial charge is 0.388 e. The molecular formula is C15H13BrClF2NO. The second-order valence-corrected chi connectivity index (χ2v) is 5.94. The first-order valence-electron chi connectivity index (χ1n) is 6.22. The Bertz CT molecular complexity index is 654. The molecule has 112 valence electrons. The Morgan fingerprint density at radius 2 is 1.81 bits per heavy atom. The number of benzene rings is 2. The highest BCUT2D eigenvalue weighted by molar-refractivity contribution is 9.10. The Labute approximate surface area is 134 Å². The number of hydrogen-bond acceptors (Lipinski definition) is 2. The molecule has 0 aliphatic rings. The minimum atomic E-state index is -1.17. The van der Waals surface area contributed by atoms with E-state index in [1.165, 1.54) is 24.3 Å². The van der Waals surface area contributed by atoms with E-state index in [0.29, 0.717) is 10.0 Å². The quantitative estimate of drug-likeness (QED) is 0.842. The summed E-state index contributed by atoms with van der Waals surface area (Å²) in [5.41, 5.74) is 6.29. The van der Waals surface area contributed by atoms with E-state index in [1.807, 2.05) is 0 Å². The van der Waals surface area contributed by atoms with Crippen LogP contribution in [0.15, 0.2) is 40.9 Å². The van der Waals surface area contributed by atoms with Crippen LogP contribution in [0, 0.1) is 11.6 Å². The fourth-order valence-corrected chi connectivity index (χ4v) is 2.83. The van der Waals surface area contributed by atoms with Crippen molar-refractivity contribution in [3.05, 3.63) is 68.7 Å². The lowest BCUT2D eigenvalue weighted by Gasteiger charge is -2.23. The Hall–Kier alpha value is -1.01. The van der Waals surface area contributed by atoms with E-state index in [4.69, 9.17) is 17.3 Å². The molecule has 2 unspecified atom stereocenters. The van der Waals surface area contributed by atoms with E-state index in [2.05, 4.69) is 15.9 Å². The molecule has 0 spiro atoms. The first-order valence-corrected chi connectivity index (χ1v) is 7.39. The monoisotopic (exact) mass is 375 g/mol. The highest BCUT2D eigenvalue weighted by atomic mass is 79.9. The summed E-state index contributed by atoms with van der Waals surface area (Å²) in [6, 6.07) is 8.19. The summed E-state index contributed by atoms with van der Waals surface area (Å²) < 4.78 is 27.6. The van der Waals surface area contributed by atoms with Gasteiger partial charge >= 0.3 is 0 Å². The molecule has 2 aromatic rings. The van der Waals surface area contributed by atoms with Gasteiger partial charge in [-0.05, 0) is 29.8 Å². The lowest BCUT2D eigenvalue weighted by Crippen LogP contribution is -2.21. The topological polar surface area (TPSA) is 46.2 Å². The van der Waals surface area contributed by atoms with Crippen LogP contribution in [0.2, 0.25) is 5.02 Å². The van der Waals surface area contributed by atoms with Gasteiger partial charge < -0.3 is 10.8 Å². The number of nitrogens with two attached hydrogens (primary N) is 1. The maximum Gasteiger partial charge on any atom is 0.130 e. The molecule has 0 aliphatic carbocycles. The van der Waals surface area contributed by atoms with Crippen LogP contribution in [0.3, 0.4) is 0 Å². The lowest BCUT2D eigenvalue weighted by atomic mass is 9.89. The van der Waals surface area contributed by atoms with Crippen LogP contribution in [0.25, 0.3) is 0 Å². The normalized spacial score (nSPS) is 14.0. The molecule has 21 heavy (non-hydrogen) atoms. The van der Waals surface area contributed by atoms with Gasteiger partial charge in [0.1, 0.15) is 11.6 Å². The van der Waals surface area contributed by atoms with E-state index in [0.717, 1.165) is 6.07 Å². The number of rotatable bonds is 4. The molecule has 2 atom stereocenters. The fourth-order valence-electron chi connectivity index (χ4n) is 2.19. The Morgan fingerprint density at radius 3 is 2.38 bits per heavy atom. The maximum atomic E-state index is 14.0. The molecule has 0 heterocycles. The smallest absolute Gasteiger partial charge is 0.130 e. The molecule has 0 aromatic heterocycles. The second kappa shape index (κ2) is 6.83. The van der Waals surface area contributed by atoms with Gasteiger partial charge in [0, 0.05) is 27.5 Å². The Morgan fingerprint density at radius 1 is 1.14 bits per heavy atom. The SMILES string of the molecule is NCC(c1ccc(F)cc1Cl)C(O)c1ccc(Br)cc1F. The van der Waals surface area contributed by atoms with Crippen LogP contribution >= 0.6 is 27.5 Å². The van der Waals surface area contributed by atoms with Gasteiger partial charge in [-0.15, -0.1) is 0 Å². The van der Waals surface area contributed by atoms with Crippen LogP contribution in [-0.4, -0.2) is 11.7 Å². The van der Waals surface area contributed by atoms with Crippen molar-refractivity contribution in [2.75, 3.05) is 6.54 Å². The van der Waals surface area contributed by atoms with Crippen molar-refractivity contribution in [3.63, 3.8) is 0 Å². The highest BCUT2D eigenvalue weighted by Crippen LogP contribution is 2.36. The van der Waals surface area contributed by atoms with Crippen molar-refractivity contribution >= 4 is 27.5 Å². The minimum Gasteiger partial charge on any atom is -0.388 e. The van der Waals surface area contributed by atoms with Crippen LogP contribution in [0.1, 0.15) is 23.1 Å². The average molecular weight is 377 g/mol. The van der Waals surface area contributed by atoms with Crippen molar-refractivity contribution in [2.45, 2.75) is 12.0 Å². The maximum absolute atomic E-state index is 14.0. The van der Waals surface area contributed by atoms with Gasteiger partial charge in [0.2, 0.25) is 0 Å². The van der Waals surface area contributed by atoms with Crippen molar-refractivity contribution in [2.24, 2.45) is 5.73 Å². The molecule has 0 saturated heterocycles. The van der Waals surface area contributed by atoms with Crippen LogP contribution in [-0.2, 0) is 0 Å². The van der Waals surface area contributed by atoms with Crippen LogP contribution in [0.5, 0.6) is 0 Å². The zero-order chi connectivity index (χ0) is 15.6. The zero-order valence-corrected chi connectivity index (χ0v) is 13.2. The van der Waals surface area contributed by atoms with Crippen LogP contribution in [0.4, 0.5) is 8.78 Å². The van der Waals surface area contributed by atoms with E-state index in [1.54, 1.807) is 6.07 Å². The third kappa shape index (κ3) is 3.61. The number of halogens is 4. The minimum absolute atomic E-state index is 0.0437. The van der Waals surface area contributed by atoms with Gasteiger partial charge in [0.05, 0.1) is 6.10 Å². The van der Waals surface area contributed by atoms with Crippen molar-refractivity contribution < 1.29 is 13.9 Å². The Balaban J connectivity index is 2.40. The number of aliphatic hydroxyl groups excluding tert-OH is 1. The summed E-state index contributed by atoms with van der Waals surface area (Å²) in [5.74, 6) is -1.66. The summed E-state index contributed by atoms with van der Waals surface area (Å²) in [7, 11) is 0. The molecule has 2 rings (SSSR count). The molecule has 3 N–H and O–H groups in total. The van der Waals surface area contributed by atoms with Gasteiger partial charge in [-0.3, -0.25) is 0 Å². The third-order valence-electron chi connectivity index (χ3n) is 3.28. The van der Waals surface area contributed by atoms with Crippen molar-refractivity contribution in [3.8, 4) is 0 Å². The molecule has 0 fully saturated rings. The Kier molecular flexibility index (Phi) is 5.32. The molecule has 2 nitrogen and oxygen atoms in total. The first-order chi connectivity index (χ1) is 9.93. The lowest BCUT2D eigenvalue weighted by molar-refractivity contribution is 0.143. The molecular weight excluding hydrogens is 364 g/mol. The molecule has 6 heteroatoms. The average Bonchev–Trinajstić information content (AvgIpc) is 2.41. The predicted octanol–water partition coefficient (Wildman–Crippen LogP) is 4.16. The third-order valence-corrected chi connectivity index (χ3v) is 4.10. The number of hydrogen-bond donors (Lipinski definition) is 2. The van der Waals surface area contributed by atoms with Gasteiger partial charge in [-0.1, -0.05) is 39.7 Å². The first kappa shape index (κ1) is 16.4. The van der Waals surface area contributed by atoms with Gasteiger partial charge in [0.15, 0.2) is 0 Å². The zero-order valence-electron chi connectivity index (χ0n) is 10.9. The summed E-state index contributed by atoms with van der Waals surface area (Å²) in [6.07, 6.45) is -1.17. The molecule has 0 bridgehead atoms. The summed E-state index contributed by atoms with van der Waals surface area (Å²) >= 11 is 9.15. The van der Waals surface area contributed by atoms with Gasteiger partial charge in [0.25, 0.3) is 0 Å².